The molecular formula is C12H23NO3. The molecule has 0 amide bonds. The number of hydrogen-bond donors (Lipinski definition) is 0. The van der Waals surface area contributed by atoms with Crippen LogP contribution in [0.4, 0.5) is 0 Å². The SMILES string of the molecule is CCOC(=O)[C@@H](CCN(CC)CC)C(C)=O. The van der Waals surface area contributed by atoms with Crippen LogP contribution >= 0.6 is 0 Å². The van der Waals surface area contributed by atoms with Gasteiger partial charge in [-0.1, -0.05) is 13.8 Å². The minimum atomic E-state index is -0.597. The summed E-state index contributed by atoms with van der Waals surface area (Å²) in [6.07, 6.45) is 0.551. The van der Waals surface area contributed by atoms with E-state index in [0.717, 1.165) is 19.6 Å². The third kappa shape index (κ3) is 5.26. The van der Waals surface area contributed by atoms with E-state index in [1.807, 2.05) is 0 Å². The van der Waals surface area contributed by atoms with Crippen molar-refractivity contribution in [2.45, 2.75) is 34.1 Å². The van der Waals surface area contributed by atoms with Gasteiger partial charge in [0, 0.05) is 0 Å². The molecule has 0 unspecified atom stereocenters. The van der Waals surface area contributed by atoms with Crippen LogP contribution in [-0.2, 0) is 14.3 Å². The molecule has 0 N–H and O–H groups in total. The fourth-order valence-electron chi connectivity index (χ4n) is 1.58. The van der Waals surface area contributed by atoms with Gasteiger partial charge in [0.1, 0.15) is 11.7 Å². The molecule has 0 radical (unpaired) electrons. The third-order valence-corrected chi connectivity index (χ3v) is 2.69. The second-order valence-corrected chi connectivity index (χ2v) is 3.73. The van der Waals surface area contributed by atoms with Gasteiger partial charge in [0.15, 0.2) is 0 Å². The second-order valence-electron chi connectivity index (χ2n) is 3.73. The predicted molar refractivity (Wildman–Crippen MR) is 63.2 cm³/mol. The molecule has 0 rings (SSSR count). The molecule has 0 aromatic heterocycles. The summed E-state index contributed by atoms with van der Waals surface area (Å²) >= 11 is 0. The fraction of sp³-hybridized carbons (Fsp3) is 0.833. The van der Waals surface area contributed by atoms with E-state index in [9.17, 15) is 9.59 Å². The average Bonchev–Trinajstić information content (AvgIpc) is 2.24. The lowest BCUT2D eigenvalue weighted by Gasteiger charge is -2.20. The molecule has 4 nitrogen and oxygen atoms in total. The van der Waals surface area contributed by atoms with Gasteiger partial charge in [-0.15, -0.1) is 0 Å². The van der Waals surface area contributed by atoms with Crippen molar-refractivity contribution in [3.63, 3.8) is 0 Å². The lowest BCUT2D eigenvalue weighted by molar-refractivity contribution is -0.151. The minimum Gasteiger partial charge on any atom is -0.465 e. The highest BCUT2D eigenvalue weighted by atomic mass is 16.5. The largest absolute Gasteiger partial charge is 0.465 e. The van der Waals surface area contributed by atoms with Crippen molar-refractivity contribution in [1.82, 2.24) is 4.90 Å². The Labute approximate surface area is 98.0 Å². The van der Waals surface area contributed by atoms with E-state index in [4.69, 9.17) is 4.74 Å². The predicted octanol–water partition coefficient (Wildman–Crippen LogP) is 1.49. The number of carbonyl (C=O) groups is 2. The first kappa shape index (κ1) is 15.1. The number of esters is 1. The van der Waals surface area contributed by atoms with E-state index < -0.39 is 5.92 Å². The van der Waals surface area contributed by atoms with Gasteiger partial charge in [0.2, 0.25) is 0 Å². The summed E-state index contributed by atoms with van der Waals surface area (Å²) in [5.41, 5.74) is 0. The smallest absolute Gasteiger partial charge is 0.316 e. The topological polar surface area (TPSA) is 46.6 Å². The number of ketones is 1. The molecule has 4 heteroatoms. The normalized spacial score (nSPS) is 12.6. The number of nitrogens with zero attached hydrogens (tertiary/aromatic N) is 1. The van der Waals surface area contributed by atoms with Crippen LogP contribution in [0.2, 0.25) is 0 Å². The quantitative estimate of drug-likeness (QED) is 0.467. The number of rotatable bonds is 8. The highest BCUT2D eigenvalue weighted by Gasteiger charge is 2.24. The maximum absolute atomic E-state index is 11.5. The second kappa shape index (κ2) is 8.28. The van der Waals surface area contributed by atoms with Crippen LogP contribution in [0.15, 0.2) is 0 Å². The first-order chi connectivity index (χ1) is 7.56. The standard InChI is InChI=1S/C12H23NO3/c1-5-13(6-2)9-8-11(10(4)14)12(15)16-7-3/h11H,5-9H2,1-4H3/t11-/m0/s1. The highest BCUT2D eigenvalue weighted by molar-refractivity contribution is 5.97. The van der Waals surface area contributed by atoms with Crippen molar-refractivity contribution in [1.29, 1.82) is 0 Å². The van der Waals surface area contributed by atoms with Crippen molar-refractivity contribution in [3.05, 3.63) is 0 Å². The average molecular weight is 229 g/mol. The number of ether oxygens (including phenoxy) is 1. The molecule has 0 aromatic rings. The first-order valence-corrected chi connectivity index (χ1v) is 5.96. The molecule has 0 aliphatic heterocycles. The first-order valence-electron chi connectivity index (χ1n) is 5.96. The van der Waals surface area contributed by atoms with E-state index in [2.05, 4.69) is 18.7 Å². The van der Waals surface area contributed by atoms with Crippen LogP contribution in [0.3, 0.4) is 0 Å². The molecule has 0 aliphatic carbocycles. The van der Waals surface area contributed by atoms with Crippen LogP contribution in [0.5, 0.6) is 0 Å². The van der Waals surface area contributed by atoms with E-state index in [-0.39, 0.29) is 11.8 Å². The molecule has 94 valence electrons. The van der Waals surface area contributed by atoms with Crippen molar-refractivity contribution in [2.24, 2.45) is 5.92 Å². The van der Waals surface area contributed by atoms with Crippen molar-refractivity contribution < 1.29 is 14.3 Å². The van der Waals surface area contributed by atoms with Gasteiger partial charge in [-0.05, 0) is 39.9 Å². The van der Waals surface area contributed by atoms with Gasteiger partial charge in [-0.25, -0.2) is 0 Å². The Morgan fingerprint density at radius 3 is 2.12 bits per heavy atom. The Bertz CT molecular complexity index is 224. The summed E-state index contributed by atoms with van der Waals surface area (Å²) in [7, 11) is 0. The summed E-state index contributed by atoms with van der Waals surface area (Å²) < 4.78 is 4.89. The fourth-order valence-corrected chi connectivity index (χ4v) is 1.58. The van der Waals surface area contributed by atoms with Gasteiger partial charge in [-0.2, -0.15) is 0 Å². The molecule has 0 saturated carbocycles. The molecular weight excluding hydrogens is 206 g/mol. The van der Waals surface area contributed by atoms with E-state index >= 15 is 0 Å². The lowest BCUT2D eigenvalue weighted by Crippen LogP contribution is -2.31. The van der Waals surface area contributed by atoms with Crippen LogP contribution < -0.4 is 0 Å². The van der Waals surface area contributed by atoms with Crippen LogP contribution in [0.25, 0.3) is 0 Å². The Balaban J connectivity index is 4.23. The summed E-state index contributed by atoms with van der Waals surface area (Å²) in [6.45, 7) is 10.3. The maximum Gasteiger partial charge on any atom is 0.316 e. The highest BCUT2D eigenvalue weighted by Crippen LogP contribution is 2.09. The molecule has 0 saturated heterocycles. The zero-order valence-electron chi connectivity index (χ0n) is 10.8. The van der Waals surface area contributed by atoms with Crippen molar-refractivity contribution >= 4 is 11.8 Å². The van der Waals surface area contributed by atoms with Crippen LogP contribution in [0.1, 0.15) is 34.1 Å². The summed E-state index contributed by atoms with van der Waals surface area (Å²) in [6, 6.07) is 0. The van der Waals surface area contributed by atoms with Gasteiger partial charge in [0.25, 0.3) is 0 Å². The molecule has 0 fully saturated rings. The summed E-state index contributed by atoms with van der Waals surface area (Å²) in [5, 5.41) is 0. The molecule has 1 atom stereocenters. The van der Waals surface area contributed by atoms with E-state index in [0.29, 0.717) is 13.0 Å². The zero-order chi connectivity index (χ0) is 12.6. The van der Waals surface area contributed by atoms with Gasteiger partial charge in [-0.3, -0.25) is 9.59 Å². The lowest BCUT2D eigenvalue weighted by atomic mass is 10.0. The van der Waals surface area contributed by atoms with Gasteiger partial charge >= 0.3 is 5.97 Å². The van der Waals surface area contributed by atoms with Gasteiger partial charge in [0.05, 0.1) is 6.61 Å². The Hall–Kier alpha value is -0.900. The zero-order valence-corrected chi connectivity index (χ0v) is 10.8. The Morgan fingerprint density at radius 1 is 1.19 bits per heavy atom. The number of carbonyl (C=O) groups excluding carboxylic acids is 2. The molecule has 0 aliphatic rings. The molecule has 0 bridgehead atoms. The Kier molecular flexibility index (Phi) is 7.81. The van der Waals surface area contributed by atoms with Crippen LogP contribution in [0, 0.1) is 5.92 Å². The van der Waals surface area contributed by atoms with Crippen LogP contribution in [-0.4, -0.2) is 42.9 Å². The molecule has 0 aromatic carbocycles. The molecule has 0 heterocycles. The van der Waals surface area contributed by atoms with Crippen molar-refractivity contribution in [2.75, 3.05) is 26.2 Å². The monoisotopic (exact) mass is 229 g/mol. The van der Waals surface area contributed by atoms with E-state index in [1.54, 1.807) is 6.92 Å². The van der Waals surface area contributed by atoms with E-state index in [1.165, 1.54) is 6.92 Å². The number of hydrogen-bond acceptors (Lipinski definition) is 4. The minimum absolute atomic E-state index is 0.106. The van der Waals surface area contributed by atoms with Crippen molar-refractivity contribution in [3.8, 4) is 0 Å². The molecule has 16 heavy (non-hydrogen) atoms. The van der Waals surface area contributed by atoms with Gasteiger partial charge < -0.3 is 9.64 Å². The Morgan fingerprint density at radius 2 is 1.75 bits per heavy atom. The summed E-state index contributed by atoms with van der Waals surface area (Å²) in [4.78, 5) is 25.0. The maximum atomic E-state index is 11.5. The third-order valence-electron chi connectivity index (χ3n) is 2.69. The number of Topliss-reactive ketones (excluding diaryl/α,β-unsaturated/α-hetero) is 1. The molecule has 0 spiro atoms. The summed E-state index contributed by atoms with van der Waals surface area (Å²) in [5.74, 6) is -1.09.